The number of benzene rings is 2. The van der Waals surface area contributed by atoms with Crippen molar-refractivity contribution in [2.75, 3.05) is 13.2 Å². The number of nitrogens with zero attached hydrogens (tertiary/aromatic N) is 1. The highest BCUT2D eigenvalue weighted by atomic mass is 16.5. The fourth-order valence-electron chi connectivity index (χ4n) is 3.85. The summed E-state index contributed by atoms with van der Waals surface area (Å²) in [6.45, 7) is 8.76. The van der Waals surface area contributed by atoms with Crippen LogP contribution in [0.1, 0.15) is 95.6 Å². The molecule has 0 aromatic heterocycles. The molecule has 0 spiro atoms. The summed E-state index contributed by atoms with van der Waals surface area (Å²) >= 11 is 0. The van der Waals surface area contributed by atoms with Gasteiger partial charge in [0.15, 0.2) is 0 Å². The van der Waals surface area contributed by atoms with E-state index in [-0.39, 0.29) is 5.97 Å². The number of carbonyl (C=O) groups excluding carboxylic acids is 1. The third kappa shape index (κ3) is 13.3. The molecule has 4 heteroatoms. The van der Waals surface area contributed by atoms with Crippen molar-refractivity contribution >= 4 is 17.9 Å². The maximum absolute atomic E-state index is 11.3. The van der Waals surface area contributed by atoms with Gasteiger partial charge < -0.3 is 9.47 Å². The van der Waals surface area contributed by atoms with Crippen molar-refractivity contribution in [3.63, 3.8) is 0 Å². The number of aryl methyl sites for hydroxylation is 1. The van der Waals surface area contributed by atoms with Crippen LogP contribution in [0.15, 0.2) is 65.7 Å². The zero-order valence-corrected chi connectivity index (χ0v) is 22.5. The topological polar surface area (TPSA) is 47.9 Å². The summed E-state index contributed by atoms with van der Waals surface area (Å²) in [6, 6.07) is 16.7. The normalized spacial score (nSPS) is 11.1. The van der Waals surface area contributed by atoms with Crippen LogP contribution in [0, 0.1) is 0 Å². The van der Waals surface area contributed by atoms with Gasteiger partial charge in [0.25, 0.3) is 0 Å². The SMILES string of the molecule is C=C(C)C(=O)OCCCCCCCCCCCOc1ccc(C=Nc2ccc(CCCC)cc2)cc1. The highest BCUT2D eigenvalue weighted by molar-refractivity contribution is 5.86. The lowest BCUT2D eigenvalue weighted by Crippen LogP contribution is -2.05. The van der Waals surface area contributed by atoms with Crippen molar-refractivity contribution < 1.29 is 14.3 Å². The first-order valence-electron chi connectivity index (χ1n) is 13.8. The van der Waals surface area contributed by atoms with Gasteiger partial charge in [0, 0.05) is 11.8 Å². The Morgan fingerprint density at radius 3 is 1.97 bits per heavy atom. The summed E-state index contributed by atoms with van der Waals surface area (Å²) in [6.07, 6.45) is 16.1. The predicted octanol–water partition coefficient (Wildman–Crippen LogP) is 8.79. The van der Waals surface area contributed by atoms with Gasteiger partial charge in [-0.3, -0.25) is 4.99 Å². The number of ether oxygens (including phenoxy) is 2. The van der Waals surface area contributed by atoms with Crippen molar-refractivity contribution in [1.82, 2.24) is 0 Å². The molecule has 2 aromatic carbocycles. The summed E-state index contributed by atoms with van der Waals surface area (Å²) in [4.78, 5) is 15.9. The fraction of sp³-hybridized carbons (Fsp3) is 0.500. The largest absolute Gasteiger partial charge is 0.494 e. The molecular formula is C32H45NO3. The zero-order chi connectivity index (χ0) is 25.8. The fourth-order valence-corrected chi connectivity index (χ4v) is 3.85. The van der Waals surface area contributed by atoms with Crippen LogP contribution in [-0.2, 0) is 16.0 Å². The molecule has 0 atom stereocenters. The minimum absolute atomic E-state index is 0.278. The van der Waals surface area contributed by atoms with E-state index in [1.165, 1.54) is 56.9 Å². The molecule has 0 amide bonds. The molecule has 2 rings (SSSR count). The average molecular weight is 492 g/mol. The molecule has 0 N–H and O–H groups in total. The molecule has 0 saturated carbocycles. The molecule has 0 aliphatic carbocycles. The van der Waals surface area contributed by atoms with Crippen molar-refractivity contribution in [2.45, 2.75) is 90.9 Å². The number of hydrogen-bond acceptors (Lipinski definition) is 4. The third-order valence-electron chi connectivity index (χ3n) is 6.14. The second-order valence-corrected chi connectivity index (χ2v) is 9.54. The molecule has 0 saturated heterocycles. The maximum atomic E-state index is 11.3. The average Bonchev–Trinajstić information content (AvgIpc) is 2.90. The third-order valence-corrected chi connectivity index (χ3v) is 6.14. The molecule has 0 radical (unpaired) electrons. The Balaban J connectivity index is 1.47. The van der Waals surface area contributed by atoms with E-state index in [0.29, 0.717) is 12.2 Å². The van der Waals surface area contributed by atoms with E-state index < -0.39 is 0 Å². The molecule has 0 unspecified atom stereocenters. The predicted molar refractivity (Wildman–Crippen MR) is 152 cm³/mol. The van der Waals surface area contributed by atoms with Gasteiger partial charge in [-0.15, -0.1) is 0 Å². The number of aliphatic imine (C=N–C) groups is 1. The van der Waals surface area contributed by atoms with Crippen LogP contribution in [0.2, 0.25) is 0 Å². The van der Waals surface area contributed by atoms with E-state index in [1.54, 1.807) is 6.92 Å². The zero-order valence-electron chi connectivity index (χ0n) is 22.5. The molecule has 36 heavy (non-hydrogen) atoms. The summed E-state index contributed by atoms with van der Waals surface area (Å²) in [5.74, 6) is 0.640. The van der Waals surface area contributed by atoms with Gasteiger partial charge >= 0.3 is 5.97 Å². The van der Waals surface area contributed by atoms with Gasteiger partial charge in [-0.2, -0.15) is 0 Å². The number of esters is 1. The van der Waals surface area contributed by atoms with E-state index in [0.717, 1.165) is 49.3 Å². The lowest BCUT2D eigenvalue weighted by molar-refractivity contribution is -0.139. The Kier molecular flexibility index (Phi) is 15.0. The van der Waals surface area contributed by atoms with Crippen LogP contribution >= 0.6 is 0 Å². The summed E-state index contributed by atoms with van der Waals surface area (Å²) < 4.78 is 11.0. The van der Waals surface area contributed by atoms with Crippen LogP contribution in [0.25, 0.3) is 0 Å². The minimum atomic E-state index is -0.278. The van der Waals surface area contributed by atoms with Crippen molar-refractivity contribution in [3.05, 3.63) is 71.8 Å². The lowest BCUT2D eigenvalue weighted by Gasteiger charge is -2.07. The highest BCUT2D eigenvalue weighted by Gasteiger charge is 2.02. The Hall–Kier alpha value is -2.88. The van der Waals surface area contributed by atoms with Crippen molar-refractivity contribution in [1.29, 1.82) is 0 Å². The van der Waals surface area contributed by atoms with Gasteiger partial charge in [-0.25, -0.2) is 4.79 Å². The van der Waals surface area contributed by atoms with E-state index in [2.05, 4.69) is 54.9 Å². The Labute approximate surface area is 218 Å². The quantitative estimate of drug-likeness (QED) is 0.0853. The molecule has 4 nitrogen and oxygen atoms in total. The Bertz CT molecular complexity index is 900. The molecular weight excluding hydrogens is 446 g/mol. The van der Waals surface area contributed by atoms with Crippen LogP contribution in [0.3, 0.4) is 0 Å². The molecule has 196 valence electrons. The smallest absolute Gasteiger partial charge is 0.333 e. The summed E-state index contributed by atoms with van der Waals surface area (Å²) in [7, 11) is 0. The highest BCUT2D eigenvalue weighted by Crippen LogP contribution is 2.17. The molecule has 0 heterocycles. The van der Waals surface area contributed by atoms with Gasteiger partial charge in [0.1, 0.15) is 5.75 Å². The van der Waals surface area contributed by atoms with Gasteiger partial charge in [-0.05, 0) is 80.1 Å². The first-order chi connectivity index (χ1) is 17.6. The summed E-state index contributed by atoms with van der Waals surface area (Å²) in [5.41, 5.74) is 3.91. The van der Waals surface area contributed by atoms with Crippen molar-refractivity contribution in [2.24, 2.45) is 4.99 Å². The van der Waals surface area contributed by atoms with Crippen LogP contribution in [0.4, 0.5) is 5.69 Å². The lowest BCUT2D eigenvalue weighted by atomic mass is 10.1. The number of hydrogen-bond donors (Lipinski definition) is 0. The van der Waals surface area contributed by atoms with Crippen molar-refractivity contribution in [3.8, 4) is 5.75 Å². The number of rotatable bonds is 19. The maximum Gasteiger partial charge on any atom is 0.333 e. The number of carbonyl (C=O) groups is 1. The van der Waals surface area contributed by atoms with Crippen LogP contribution < -0.4 is 4.74 Å². The molecule has 0 aliphatic heterocycles. The Morgan fingerprint density at radius 2 is 1.39 bits per heavy atom. The second kappa shape index (κ2) is 18.4. The van der Waals surface area contributed by atoms with Gasteiger partial charge in [-0.1, -0.05) is 77.0 Å². The van der Waals surface area contributed by atoms with Gasteiger partial charge in [0.2, 0.25) is 0 Å². The minimum Gasteiger partial charge on any atom is -0.494 e. The molecule has 0 aliphatic rings. The van der Waals surface area contributed by atoms with E-state index in [9.17, 15) is 4.79 Å². The molecule has 0 fully saturated rings. The second-order valence-electron chi connectivity index (χ2n) is 9.54. The summed E-state index contributed by atoms with van der Waals surface area (Å²) in [5, 5.41) is 0. The monoisotopic (exact) mass is 491 g/mol. The molecule has 2 aromatic rings. The standard InChI is InChI=1S/C32H45NO3/c1-4-5-15-28-16-20-30(21-17-28)33-26-29-18-22-31(23-19-29)35-24-13-11-9-7-6-8-10-12-14-25-36-32(34)27(2)3/h16-23,26H,2,4-15,24-25H2,1,3H3. The Morgan fingerprint density at radius 1 is 0.806 bits per heavy atom. The van der Waals surface area contributed by atoms with E-state index in [4.69, 9.17) is 9.47 Å². The van der Waals surface area contributed by atoms with Gasteiger partial charge in [0.05, 0.1) is 18.9 Å². The van der Waals surface area contributed by atoms with Crippen LogP contribution in [-0.4, -0.2) is 25.4 Å². The van der Waals surface area contributed by atoms with E-state index >= 15 is 0 Å². The first-order valence-corrected chi connectivity index (χ1v) is 13.8. The first kappa shape index (κ1) is 29.4. The molecule has 0 bridgehead atoms. The van der Waals surface area contributed by atoms with Crippen LogP contribution in [0.5, 0.6) is 5.75 Å². The van der Waals surface area contributed by atoms with E-state index in [1.807, 2.05) is 18.3 Å². The number of unbranched alkanes of at least 4 members (excludes halogenated alkanes) is 9.